The number of nitrogens with zero attached hydrogens (tertiary/aromatic N) is 1. The fourth-order valence-electron chi connectivity index (χ4n) is 2.84. The van der Waals surface area contributed by atoms with E-state index in [0.717, 1.165) is 32.5 Å². The minimum Gasteiger partial charge on any atom is -0.383 e. The van der Waals surface area contributed by atoms with Crippen molar-refractivity contribution in [1.29, 1.82) is 0 Å². The van der Waals surface area contributed by atoms with Gasteiger partial charge in [0.05, 0.1) is 6.61 Å². The number of likely N-dealkylation sites (tertiary alicyclic amines) is 1. The van der Waals surface area contributed by atoms with Crippen molar-refractivity contribution in [1.82, 2.24) is 4.90 Å². The van der Waals surface area contributed by atoms with Crippen LogP contribution in [-0.4, -0.2) is 43.5 Å². The molecule has 0 amide bonds. The topological polar surface area (TPSA) is 29.5 Å². The van der Waals surface area contributed by atoms with Crippen LogP contribution in [0.5, 0.6) is 0 Å². The van der Waals surface area contributed by atoms with Crippen molar-refractivity contribution in [2.75, 3.05) is 26.8 Å². The Labute approximate surface area is 85.4 Å². The van der Waals surface area contributed by atoms with Gasteiger partial charge in [0, 0.05) is 38.6 Å². The molecule has 1 saturated heterocycles. The van der Waals surface area contributed by atoms with Gasteiger partial charge in [-0.3, -0.25) is 9.69 Å². The van der Waals surface area contributed by atoms with E-state index in [2.05, 4.69) is 4.90 Å². The van der Waals surface area contributed by atoms with Gasteiger partial charge in [-0.25, -0.2) is 0 Å². The zero-order valence-electron chi connectivity index (χ0n) is 8.87. The smallest absolute Gasteiger partial charge is 0.138 e. The zero-order chi connectivity index (χ0) is 9.97. The Morgan fingerprint density at radius 1 is 1.50 bits per heavy atom. The Morgan fingerprint density at radius 2 is 2.36 bits per heavy atom. The minimum absolute atomic E-state index is 0.348. The Hall–Kier alpha value is -0.410. The average Bonchev–Trinajstić information content (AvgIpc) is 2.66. The third kappa shape index (κ3) is 1.84. The van der Waals surface area contributed by atoms with Crippen molar-refractivity contribution in [3.8, 4) is 0 Å². The summed E-state index contributed by atoms with van der Waals surface area (Å²) in [6.45, 7) is 2.73. The van der Waals surface area contributed by atoms with Gasteiger partial charge in [0.1, 0.15) is 5.78 Å². The first-order valence-electron chi connectivity index (χ1n) is 5.58. The van der Waals surface area contributed by atoms with Crippen molar-refractivity contribution in [3.63, 3.8) is 0 Å². The van der Waals surface area contributed by atoms with Gasteiger partial charge in [-0.15, -0.1) is 0 Å². The summed E-state index contributed by atoms with van der Waals surface area (Å²) in [7, 11) is 1.74. The van der Waals surface area contributed by atoms with Gasteiger partial charge in [0.25, 0.3) is 0 Å². The fourth-order valence-corrected chi connectivity index (χ4v) is 2.84. The van der Waals surface area contributed by atoms with E-state index in [1.54, 1.807) is 7.11 Å². The Bertz CT molecular complexity index is 217. The number of fused-ring (bicyclic) bond motifs is 1. The lowest BCUT2D eigenvalue weighted by atomic mass is 9.91. The third-order valence-electron chi connectivity index (χ3n) is 3.59. The van der Waals surface area contributed by atoms with Gasteiger partial charge >= 0.3 is 0 Å². The molecular weight excluding hydrogens is 178 g/mol. The molecule has 2 atom stereocenters. The summed E-state index contributed by atoms with van der Waals surface area (Å²) >= 11 is 0. The molecule has 3 nitrogen and oxygen atoms in total. The van der Waals surface area contributed by atoms with E-state index in [1.165, 1.54) is 12.8 Å². The fraction of sp³-hybridized carbons (Fsp3) is 0.909. The second kappa shape index (κ2) is 4.41. The molecule has 0 spiro atoms. The lowest BCUT2D eigenvalue weighted by Gasteiger charge is -2.36. The second-order valence-corrected chi connectivity index (χ2v) is 4.35. The van der Waals surface area contributed by atoms with Crippen LogP contribution in [0.4, 0.5) is 0 Å². The lowest BCUT2D eigenvalue weighted by molar-refractivity contribution is -0.128. The van der Waals surface area contributed by atoms with Crippen LogP contribution in [0.15, 0.2) is 0 Å². The van der Waals surface area contributed by atoms with Crippen LogP contribution in [0.3, 0.4) is 0 Å². The molecule has 0 aromatic heterocycles. The quantitative estimate of drug-likeness (QED) is 0.678. The minimum atomic E-state index is 0.348. The summed E-state index contributed by atoms with van der Waals surface area (Å²) in [5.74, 6) is 0.849. The molecule has 2 rings (SSSR count). The summed E-state index contributed by atoms with van der Waals surface area (Å²) < 4.78 is 5.09. The van der Waals surface area contributed by atoms with Gasteiger partial charge in [-0.05, 0) is 12.8 Å². The van der Waals surface area contributed by atoms with E-state index in [-0.39, 0.29) is 0 Å². The predicted octanol–water partition coefficient (Wildman–Crippen LogP) is 1.08. The molecule has 0 aromatic rings. The van der Waals surface area contributed by atoms with Crippen LogP contribution in [0.25, 0.3) is 0 Å². The van der Waals surface area contributed by atoms with Crippen LogP contribution in [0, 0.1) is 5.92 Å². The summed E-state index contributed by atoms with van der Waals surface area (Å²) in [6, 6.07) is 0.534. The number of hydrogen-bond acceptors (Lipinski definition) is 3. The van der Waals surface area contributed by atoms with E-state index in [1.807, 2.05) is 0 Å². The molecule has 0 aromatic carbocycles. The maximum atomic E-state index is 11.6. The number of Topliss-reactive ketones (excluding diaryl/α,β-unsaturated/α-hetero) is 1. The van der Waals surface area contributed by atoms with Crippen LogP contribution >= 0.6 is 0 Å². The van der Waals surface area contributed by atoms with Crippen molar-refractivity contribution < 1.29 is 9.53 Å². The van der Waals surface area contributed by atoms with Crippen molar-refractivity contribution in [2.24, 2.45) is 5.92 Å². The Kier molecular flexibility index (Phi) is 3.19. The largest absolute Gasteiger partial charge is 0.383 e. The van der Waals surface area contributed by atoms with Crippen molar-refractivity contribution >= 4 is 5.78 Å². The van der Waals surface area contributed by atoms with Gasteiger partial charge in [0.15, 0.2) is 0 Å². The number of piperidine rings is 1. The summed E-state index contributed by atoms with van der Waals surface area (Å²) in [5, 5.41) is 0. The highest BCUT2D eigenvalue weighted by Gasteiger charge is 2.39. The molecule has 0 radical (unpaired) electrons. The second-order valence-electron chi connectivity index (χ2n) is 4.35. The first-order chi connectivity index (χ1) is 6.83. The van der Waals surface area contributed by atoms with E-state index in [9.17, 15) is 4.79 Å². The molecule has 0 unspecified atom stereocenters. The van der Waals surface area contributed by atoms with E-state index in [4.69, 9.17) is 4.74 Å². The van der Waals surface area contributed by atoms with E-state index >= 15 is 0 Å². The first-order valence-corrected chi connectivity index (χ1v) is 5.58. The van der Waals surface area contributed by atoms with Gasteiger partial charge in [0.2, 0.25) is 0 Å². The number of rotatable bonds is 3. The Balaban J connectivity index is 1.95. The Morgan fingerprint density at radius 3 is 3.14 bits per heavy atom. The number of ether oxygens (including phenoxy) is 1. The molecule has 0 bridgehead atoms. The molecule has 1 aliphatic carbocycles. The first kappa shape index (κ1) is 10.1. The van der Waals surface area contributed by atoms with Crippen LogP contribution < -0.4 is 0 Å². The maximum absolute atomic E-state index is 11.6. The lowest BCUT2D eigenvalue weighted by Crippen LogP contribution is -2.47. The molecule has 2 fully saturated rings. The maximum Gasteiger partial charge on any atom is 0.138 e. The third-order valence-corrected chi connectivity index (χ3v) is 3.59. The standard InChI is InChI=1S/C11H19NO2/c1-14-8-7-12-6-5-11(13)9-3-2-4-10(9)12/h9-10H,2-8H2,1H3/t9-,10+/m0/s1. The van der Waals surface area contributed by atoms with E-state index in [0.29, 0.717) is 17.7 Å². The summed E-state index contributed by atoms with van der Waals surface area (Å²) in [6.07, 6.45) is 4.31. The highest BCUT2D eigenvalue weighted by molar-refractivity contribution is 5.83. The van der Waals surface area contributed by atoms with Crippen molar-refractivity contribution in [2.45, 2.75) is 31.7 Å². The van der Waals surface area contributed by atoms with Crippen LogP contribution in [0.2, 0.25) is 0 Å². The molecule has 1 aliphatic heterocycles. The highest BCUT2D eigenvalue weighted by Crippen LogP contribution is 2.34. The average molecular weight is 197 g/mol. The molecule has 80 valence electrons. The number of hydrogen-bond donors (Lipinski definition) is 0. The van der Waals surface area contributed by atoms with E-state index < -0.39 is 0 Å². The molecular formula is C11H19NO2. The number of ketones is 1. The van der Waals surface area contributed by atoms with Crippen molar-refractivity contribution in [3.05, 3.63) is 0 Å². The number of carbonyl (C=O) groups excluding carboxylic acids is 1. The molecule has 14 heavy (non-hydrogen) atoms. The molecule has 3 heteroatoms. The SMILES string of the molecule is COCCN1CCC(=O)[C@H]2CCC[C@H]21. The molecule has 1 heterocycles. The van der Waals surface area contributed by atoms with Gasteiger partial charge < -0.3 is 4.74 Å². The van der Waals surface area contributed by atoms with Crippen LogP contribution in [-0.2, 0) is 9.53 Å². The van der Waals surface area contributed by atoms with Gasteiger partial charge in [-0.1, -0.05) is 6.42 Å². The normalized spacial score (nSPS) is 33.4. The molecule has 2 aliphatic rings. The summed E-state index contributed by atoms with van der Waals surface area (Å²) in [5.41, 5.74) is 0. The predicted molar refractivity (Wildman–Crippen MR) is 54.2 cm³/mol. The van der Waals surface area contributed by atoms with Crippen LogP contribution in [0.1, 0.15) is 25.7 Å². The summed E-state index contributed by atoms with van der Waals surface area (Å²) in [4.78, 5) is 14.1. The monoisotopic (exact) mass is 197 g/mol. The highest BCUT2D eigenvalue weighted by atomic mass is 16.5. The molecule has 1 saturated carbocycles. The number of carbonyl (C=O) groups is 1. The zero-order valence-corrected chi connectivity index (χ0v) is 8.87. The molecule has 0 N–H and O–H groups in total. The number of methoxy groups -OCH3 is 1. The van der Waals surface area contributed by atoms with Gasteiger partial charge in [-0.2, -0.15) is 0 Å².